The molecule has 1 amide bonds. The predicted octanol–water partition coefficient (Wildman–Crippen LogP) is 5.58. The van der Waals surface area contributed by atoms with Gasteiger partial charge >= 0.3 is 0 Å². The van der Waals surface area contributed by atoms with Gasteiger partial charge in [-0.05, 0) is 74.2 Å². The van der Waals surface area contributed by atoms with Crippen molar-refractivity contribution in [3.8, 4) is 0 Å². The molecule has 1 fully saturated rings. The van der Waals surface area contributed by atoms with Crippen LogP contribution in [0.5, 0.6) is 0 Å². The number of aryl methyl sites for hydroxylation is 1. The standard InChI is InChI=1S/C24H31BrN2O/c1-2-3-4-6-19-9-11-21(12-10-19)24(28)27(23-13-15-26-16-14-23)18-20-7-5-8-22(25)17-20/h5,7-12,17,23,26H,2-4,6,13-16,18H2,1H3. The van der Waals surface area contributed by atoms with Crippen LogP contribution in [0.4, 0.5) is 0 Å². The summed E-state index contributed by atoms with van der Waals surface area (Å²) in [6, 6.07) is 16.8. The van der Waals surface area contributed by atoms with E-state index in [-0.39, 0.29) is 11.9 Å². The molecular formula is C24H31BrN2O. The Hall–Kier alpha value is -1.65. The number of hydrogen-bond acceptors (Lipinski definition) is 2. The van der Waals surface area contributed by atoms with Gasteiger partial charge in [-0.3, -0.25) is 4.79 Å². The molecule has 1 aliphatic heterocycles. The molecule has 0 saturated carbocycles. The first-order valence-electron chi connectivity index (χ1n) is 10.5. The third-order valence-corrected chi connectivity index (χ3v) is 6.02. The van der Waals surface area contributed by atoms with Gasteiger partial charge in [0.25, 0.3) is 5.91 Å². The summed E-state index contributed by atoms with van der Waals surface area (Å²) in [7, 11) is 0. The van der Waals surface area contributed by atoms with Gasteiger partial charge in [-0.2, -0.15) is 0 Å². The number of unbranched alkanes of at least 4 members (excludes halogenated alkanes) is 2. The van der Waals surface area contributed by atoms with Crippen LogP contribution < -0.4 is 5.32 Å². The minimum absolute atomic E-state index is 0.145. The van der Waals surface area contributed by atoms with Crippen molar-refractivity contribution >= 4 is 21.8 Å². The summed E-state index contributed by atoms with van der Waals surface area (Å²) in [5.74, 6) is 0.145. The van der Waals surface area contributed by atoms with Gasteiger partial charge in [0.2, 0.25) is 0 Å². The van der Waals surface area contributed by atoms with Crippen LogP contribution >= 0.6 is 15.9 Å². The van der Waals surface area contributed by atoms with Crippen molar-refractivity contribution in [1.82, 2.24) is 10.2 Å². The fraction of sp³-hybridized carbons (Fsp3) is 0.458. The zero-order chi connectivity index (χ0) is 19.8. The Morgan fingerprint density at radius 3 is 2.50 bits per heavy atom. The third-order valence-electron chi connectivity index (χ3n) is 5.52. The Morgan fingerprint density at radius 1 is 1.07 bits per heavy atom. The first kappa shape index (κ1) is 21.1. The largest absolute Gasteiger partial charge is 0.331 e. The van der Waals surface area contributed by atoms with Crippen LogP contribution in [0.1, 0.15) is 60.5 Å². The fourth-order valence-corrected chi connectivity index (χ4v) is 4.32. The number of nitrogens with one attached hydrogen (secondary N) is 1. The van der Waals surface area contributed by atoms with Crippen molar-refractivity contribution in [3.05, 3.63) is 69.7 Å². The Balaban J connectivity index is 1.75. The van der Waals surface area contributed by atoms with Crippen molar-refractivity contribution in [2.45, 2.75) is 58.0 Å². The molecule has 0 spiro atoms. The van der Waals surface area contributed by atoms with Crippen LogP contribution in [0, 0.1) is 0 Å². The summed E-state index contributed by atoms with van der Waals surface area (Å²) in [5, 5.41) is 3.41. The molecule has 2 aromatic rings. The lowest BCUT2D eigenvalue weighted by Crippen LogP contribution is -2.45. The molecule has 0 radical (unpaired) electrons. The first-order chi connectivity index (χ1) is 13.7. The van der Waals surface area contributed by atoms with E-state index in [9.17, 15) is 4.79 Å². The Morgan fingerprint density at radius 2 is 1.82 bits per heavy atom. The van der Waals surface area contributed by atoms with Crippen LogP contribution in [0.15, 0.2) is 53.0 Å². The highest BCUT2D eigenvalue weighted by Gasteiger charge is 2.26. The van der Waals surface area contributed by atoms with Crippen molar-refractivity contribution in [1.29, 1.82) is 0 Å². The predicted molar refractivity (Wildman–Crippen MR) is 120 cm³/mol. The summed E-state index contributed by atoms with van der Waals surface area (Å²) in [6.45, 7) is 4.83. The second kappa shape index (κ2) is 10.8. The van der Waals surface area contributed by atoms with Crippen LogP contribution in [0.2, 0.25) is 0 Å². The van der Waals surface area contributed by atoms with E-state index in [4.69, 9.17) is 0 Å². The van der Waals surface area contributed by atoms with Crippen LogP contribution in [0.3, 0.4) is 0 Å². The molecule has 1 N–H and O–H groups in total. The first-order valence-corrected chi connectivity index (χ1v) is 11.3. The number of benzene rings is 2. The monoisotopic (exact) mass is 442 g/mol. The van der Waals surface area contributed by atoms with E-state index >= 15 is 0 Å². The van der Waals surface area contributed by atoms with E-state index in [2.05, 4.69) is 57.3 Å². The molecule has 4 heteroatoms. The van der Waals surface area contributed by atoms with Gasteiger partial charge in [-0.15, -0.1) is 0 Å². The SMILES string of the molecule is CCCCCc1ccc(C(=O)N(Cc2cccc(Br)c2)C2CCNCC2)cc1. The van der Waals surface area contributed by atoms with Gasteiger partial charge in [0, 0.05) is 22.6 Å². The Bertz CT molecular complexity index is 753. The number of amides is 1. The number of nitrogens with zero attached hydrogens (tertiary/aromatic N) is 1. The van der Waals surface area contributed by atoms with Gasteiger partial charge in [0.15, 0.2) is 0 Å². The number of piperidine rings is 1. The second-order valence-electron chi connectivity index (χ2n) is 7.70. The van der Waals surface area contributed by atoms with Crippen LogP contribution in [-0.4, -0.2) is 29.9 Å². The number of halogens is 1. The highest BCUT2D eigenvalue weighted by atomic mass is 79.9. The van der Waals surface area contributed by atoms with Crippen molar-refractivity contribution < 1.29 is 4.79 Å². The van der Waals surface area contributed by atoms with Gasteiger partial charge in [-0.1, -0.05) is 60.0 Å². The topological polar surface area (TPSA) is 32.3 Å². The molecule has 0 bridgehead atoms. The lowest BCUT2D eigenvalue weighted by atomic mass is 10.0. The maximum Gasteiger partial charge on any atom is 0.254 e. The van der Waals surface area contributed by atoms with Crippen molar-refractivity contribution in [2.75, 3.05) is 13.1 Å². The van der Waals surface area contributed by atoms with E-state index in [1.54, 1.807) is 0 Å². The number of carbonyl (C=O) groups excluding carboxylic acids is 1. The molecule has 0 unspecified atom stereocenters. The van der Waals surface area contributed by atoms with Crippen LogP contribution in [0.25, 0.3) is 0 Å². The molecule has 3 nitrogen and oxygen atoms in total. The van der Waals surface area contributed by atoms with Gasteiger partial charge in [-0.25, -0.2) is 0 Å². The van der Waals surface area contributed by atoms with E-state index in [1.165, 1.54) is 24.8 Å². The lowest BCUT2D eigenvalue weighted by molar-refractivity contribution is 0.0623. The molecule has 0 aliphatic carbocycles. The molecule has 1 saturated heterocycles. The van der Waals surface area contributed by atoms with E-state index in [1.807, 2.05) is 24.3 Å². The van der Waals surface area contributed by atoms with Gasteiger partial charge in [0.1, 0.15) is 0 Å². The molecule has 2 aromatic carbocycles. The smallest absolute Gasteiger partial charge is 0.254 e. The van der Waals surface area contributed by atoms with Gasteiger partial charge < -0.3 is 10.2 Å². The molecule has 0 atom stereocenters. The molecule has 3 rings (SSSR count). The zero-order valence-electron chi connectivity index (χ0n) is 16.8. The molecule has 28 heavy (non-hydrogen) atoms. The quantitative estimate of drug-likeness (QED) is 0.541. The van der Waals surface area contributed by atoms with Crippen molar-refractivity contribution in [3.63, 3.8) is 0 Å². The van der Waals surface area contributed by atoms with Crippen molar-refractivity contribution in [2.24, 2.45) is 0 Å². The van der Waals surface area contributed by atoms with Gasteiger partial charge in [0.05, 0.1) is 0 Å². The fourth-order valence-electron chi connectivity index (χ4n) is 3.88. The minimum atomic E-state index is 0.145. The number of rotatable bonds is 8. The van der Waals surface area contributed by atoms with Crippen LogP contribution in [-0.2, 0) is 13.0 Å². The molecule has 1 heterocycles. The summed E-state index contributed by atoms with van der Waals surface area (Å²) in [4.78, 5) is 15.5. The normalized spacial score (nSPS) is 14.8. The number of carbonyl (C=O) groups is 1. The zero-order valence-corrected chi connectivity index (χ0v) is 18.4. The van der Waals surface area contributed by atoms with E-state index < -0.39 is 0 Å². The second-order valence-corrected chi connectivity index (χ2v) is 8.61. The number of hydrogen-bond donors (Lipinski definition) is 1. The third kappa shape index (κ3) is 5.92. The average Bonchev–Trinajstić information content (AvgIpc) is 2.73. The highest BCUT2D eigenvalue weighted by molar-refractivity contribution is 9.10. The maximum absolute atomic E-state index is 13.4. The lowest BCUT2D eigenvalue weighted by Gasteiger charge is -2.35. The highest BCUT2D eigenvalue weighted by Crippen LogP contribution is 2.21. The Labute approximate surface area is 177 Å². The molecule has 150 valence electrons. The minimum Gasteiger partial charge on any atom is -0.331 e. The summed E-state index contributed by atoms with van der Waals surface area (Å²) < 4.78 is 1.05. The molecule has 0 aromatic heterocycles. The summed E-state index contributed by atoms with van der Waals surface area (Å²) >= 11 is 3.55. The Kier molecular flexibility index (Phi) is 8.11. The molecular weight excluding hydrogens is 412 g/mol. The molecule has 1 aliphatic rings. The summed E-state index contributed by atoms with van der Waals surface area (Å²) in [6.07, 6.45) is 6.82. The maximum atomic E-state index is 13.4. The summed E-state index contributed by atoms with van der Waals surface area (Å²) in [5.41, 5.74) is 3.29. The van der Waals surface area contributed by atoms with E-state index in [0.717, 1.165) is 48.0 Å². The van der Waals surface area contributed by atoms with E-state index in [0.29, 0.717) is 6.54 Å². The average molecular weight is 443 g/mol.